The molecule has 1 aromatic carbocycles. The first kappa shape index (κ1) is 17.4. The summed E-state index contributed by atoms with van der Waals surface area (Å²) in [7, 11) is -3.20. The second-order valence-corrected chi connectivity index (χ2v) is 8.94. The standard InChI is InChI=1S/C17H25N3O3S/c1-11(12-6-8-14(9-7-12)24(2,22)23)19-17(21)15-5-3-4-13-10-18-20-16(13)15/h6-9,11,13,15-16,18,20H,3-5,10H2,1-2H3,(H,19,21). The largest absolute Gasteiger partial charge is 0.349 e. The lowest BCUT2D eigenvalue weighted by Crippen LogP contribution is -2.48. The predicted molar refractivity (Wildman–Crippen MR) is 91.9 cm³/mol. The summed E-state index contributed by atoms with van der Waals surface area (Å²) in [5.41, 5.74) is 7.32. The van der Waals surface area contributed by atoms with Gasteiger partial charge in [-0.15, -0.1) is 0 Å². The van der Waals surface area contributed by atoms with Crippen molar-refractivity contribution in [2.45, 2.75) is 43.2 Å². The van der Waals surface area contributed by atoms with Crippen LogP contribution in [0.5, 0.6) is 0 Å². The van der Waals surface area contributed by atoms with Crippen LogP contribution in [0, 0.1) is 11.8 Å². The quantitative estimate of drug-likeness (QED) is 0.758. The molecular weight excluding hydrogens is 326 g/mol. The second-order valence-electron chi connectivity index (χ2n) is 6.92. The molecule has 0 bridgehead atoms. The summed E-state index contributed by atoms with van der Waals surface area (Å²) >= 11 is 0. The number of nitrogens with one attached hydrogen (secondary N) is 3. The molecule has 6 nitrogen and oxygen atoms in total. The lowest BCUT2D eigenvalue weighted by molar-refractivity contribution is -0.127. The molecule has 1 aliphatic carbocycles. The number of rotatable bonds is 4. The number of sulfone groups is 1. The predicted octanol–water partition coefficient (Wildman–Crippen LogP) is 1.16. The zero-order chi connectivity index (χ0) is 17.3. The topological polar surface area (TPSA) is 87.3 Å². The minimum absolute atomic E-state index is 0.0171. The van der Waals surface area contributed by atoms with E-state index in [-0.39, 0.29) is 23.9 Å². The van der Waals surface area contributed by atoms with Gasteiger partial charge in [0, 0.05) is 18.8 Å². The molecule has 3 rings (SSSR count). The summed E-state index contributed by atoms with van der Waals surface area (Å²) in [6.45, 7) is 2.85. The van der Waals surface area contributed by atoms with Gasteiger partial charge in [-0.25, -0.2) is 8.42 Å². The van der Waals surface area contributed by atoms with Crippen molar-refractivity contribution < 1.29 is 13.2 Å². The van der Waals surface area contributed by atoms with Crippen LogP contribution in [0.25, 0.3) is 0 Å². The molecule has 1 aliphatic heterocycles. The van der Waals surface area contributed by atoms with E-state index in [1.54, 1.807) is 24.3 Å². The average molecular weight is 351 g/mol. The third-order valence-corrected chi connectivity index (χ3v) is 6.30. The molecule has 2 fully saturated rings. The van der Waals surface area contributed by atoms with E-state index in [0.29, 0.717) is 10.8 Å². The summed E-state index contributed by atoms with van der Waals surface area (Å²) < 4.78 is 23.0. The molecule has 1 saturated heterocycles. The smallest absolute Gasteiger partial charge is 0.225 e. The van der Waals surface area contributed by atoms with Crippen molar-refractivity contribution >= 4 is 15.7 Å². The van der Waals surface area contributed by atoms with Crippen LogP contribution < -0.4 is 16.2 Å². The van der Waals surface area contributed by atoms with Gasteiger partial charge in [-0.3, -0.25) is 15.6 Å². The highest BCUT2D eigenvalue weighted by Gasteiger charge is 2.40. The Morgan fingerprint density at radius 1 is 1.25 bits per heavy atom. The first-order valence-electron chi connectivity index (χ1n) is 8.45. The van der Waals surface area contributed by atoms with Crippen molar-refractivity contribution in [2.75, 3.05) is 12.8 Å². The Balaban J connectivity index is 1.65. The summed E-state index contributed by atoms with van der Waals surface area (Å²) in [5, 5.41) is 3.08. The van der Waals surface area contributed by atoms with Crippen LogP contribution in [0.4, 0.5) is 0 Å². The number of fused-ring (bicyclic) bond motifs is 1. The Hall–Kier alpha value is -1.44. The van der Waals surface area contributed by atoms with Crippen molar-refractivity contribution in [3.8, 4) is 0 Å². The van der Waals surface area contributed by atoms with Gasteiger partial charge in [0.25, 0.3) is 0 Å². The number of hydrogen-bond acceptors (Lipinski definition) is 5. The molecule has 1 saturated carbocycles. The van der Waals surface area contributed by atoms with E-state index in [4.69, 9.17) is 0 Å². The van der Waals surface area contributed by atoms with Gasteiger partial charge in [0.1, 0.15) is 0 Å². The molecule has 0 aromatic heterocycles. The van der Waals surface area contributed by atoms with Gasteiger partial charge < -0.3 is 5.32 Å². The molecular formula is C17H25N3O3S. The lowest BCUT2D eigenvalue weighted by Gasteiger charge is -2.32. The second kappa shape index (κ2) is 6.82. The summed E-state index contributed by atoms with van der Waals surface area (Å²) in [6.07, 6.45) is 4.34. The van der Waals surface area contributed by atoms with Crippen LogP contribution in [0.2, 0.25) is 0 Å². The van der Waals surface area contributed by atoms with E-state index in [1.165, 1.54) is 6.26 Å². The van der Waals surface area contributed by atoms with Crippen molar-refractivity contribution in [3.63, 3.8) is 0 Å². The van der Waals surface area contributed by atoms with E-state index in [1.807, 2.05) is 6.92 Å². The maximum absolute atomic E-state index is 12.7. The zero-order valence-electron chi connectivity index (χ0n) is 14.1. The average Bonchev–Trinajstić information content (AvgIpc) is 3.02. The van der Waals surface area contributed by atoms with Gasteiger partial charge in [-0.2, -0.15) is 0 Å². The highest BCUT2D eigenvalue weighted by Crippen LogP contribution is 2.31. The van der Waals surface area contributed by atoms with E-state index in [2.05, 4.69) is 16.2 Å². The van der Waals surface area contributed by atoms with Gasteiger partial charge in [0.05, 0.1) is 16.9 Å². The summed E-state index contributed by atoms with van der Waals surface area (Å²) in [4.78, 5) is 13.0. The van der Waals surface area contributed by atoms with E-state index < -0.39 is 9.84 Å². The number of hydrogen-bond donors (Lipinski definition) is 3. The number of carbonyl (C=O) groups excluding carboxylic acids is 1. The third kappa shape index (κ3) is 3.63. The monoisotopic (exact) mass is 351 g/mol. The van der Waals surface area contributed by atoms with Gasteiger partial charge in [0.2, 0.25) is 5.91 Å². The Morgan fingerprint density at radius 3 is 2.62 bits per heavy atom. The number of amides is 1. The van der Waals surface area contributed by atoms with E-state index in [0.717, 1.165) is 31.4 Å². The number of hydrazine groups is 1. The maximum atomic E-state index is 12.7. The minimum atomic E-state index is -3.20. The molecule has 132 valence electrons. The Morgan fingerprint density at radius 2 is 1.96 bits per heavy atom. The van der Waals surface area contributed by atoms with Gasteiger partial charge in [-0.1, -0.05) is 18.6 Å². The zero-order valence-corrected chi connectivity index (χ0v) is 14.9. The molecule has 24 heavy (non-hydrogen) atoms. The molecule has 7 heteroatoms. The van der Waals surface area contributed by atoms with Crippen molar-refractivity contribution in [1.82, 2.24) is 16.2 Å². The molecule has 1 aromatic rings. The van der Waals surface area contributed by atoms with Crippen molar-refractivity contribution in [3.05, 3.63) is 29.8 Å². The first-order chi connectivity index (χ1) is 11.4. The maximum Gasteiger partial charge on any atom is 0.225 e. The summed E-state index contributed by atoms with van der Waals surface area (Å²) in [6, 6.07) is 6.76. The van der Waals surface area contributed by atoms with Crippen LogP contribution in [0.3, 0.4) is 0 Å². The first-order valence-corrected chi connectivity index (χ1v) is 10.3. The van der Waals surface area contributed by atoms with Crippen LogP contribution in [-0.2, 0) is 14.6 Å². The van der Waals surface area contributed by atoms with E-state index in [9.17, 15) is 13.2 Å². The number of carbonyl (C=O) groups is 1. The highest BCUT2D eigenvalue weighted by atomic mass is 32.2. The number of benzene rings is 1. The van der Waals surface area contributed by atoms with Crippen molar-refractivity contribution in [2.24, 2.45) is 11.8 Å². The molecule has 0 radical (unpaired) electrons. The Labute approximate surface area is 143 Å². The fourth-order valence-corrected chi connectivity index (χ4v) is 4.38. The van der Waals surface area contributed by atoms with Crippen LogP contribution >= 0.6 is 0 Å². The highest BCUT2D eigenvalue weighted by molar-refractivity contribution is 7.90. The van der Waals surface area contributed by atoms with Crippen LogP contribution in [0.1, 0.15) is 37.8 Å². The van der Waals surface area contributed by atoms with Crippen molar-refractivity contribution in [1.29, 1.82) is 0 Å². The molecule has 1 amide bonds. The molecule has 1 heterocycles. The fraction of sp³-hybridized carbons (Fsp3) is 0.588. The molecule has 0 spiro atoms. The van der Waals surface area contributed by atoms with Crippen LogP contribution in [-0.4, -0.2) is 33.2 Å². The van der Waals surface area contributed by atoms with Gasteiger partial charge >= 0.3 is 0 Å². The molecule has 4 atom stereocenters. The summed E-state index contributed by atoms with van der Waals surface area (Å²) in [5.74, 6) is 0.580. The lowest BCUT2D eigenvalue weighted by atomic mass is 9.77. The Bertz CT molecular complexity index is 702. The van der Waals surface area contributed by atoms with Gasteiger partial charge in [0.15, 0.2) is 9.84 Å². The SMILES string of the molecule is CC(NC(=O)C1CCCC2CNNC21)c1ccc(S(C)(=O)=O)cc1. The molecule has 3 N–H and O–H groups in total. The molecule has 2 aliphatic rings. The third-order valence-electron chi connectivity index (χ3n) is 5.17. The normalized spacial score (nSPS) is 28.2. The van der Waals surface area contributed by atoms with E-state index >= 15 is 0 Å². The fourth-order valence-electron chi connectivity index (χ4n) is 3.74. The molecule has 4 unspecified atom stereocenters. The van der Waals surface area contributed by atoms with Crippen LogP contribution in [0.15, 0.2) is 29.2 Å². The minimum Gasteiger partial charge on any atom is -0.349 e. The Kier molecular flexibility index (Phi) is 4.94. The van der Waals surface area contributed by atoms with Gasteiger partial charge in [-0.05, 0) is 43.4 Å².